The molecular weight excluding hydrogens is 236 g/mol. The highest BCUT2D eigenvalue weighted by atomic mass is 35.5. The zero-order chi connectivity index (χ0) is 11.1. The average Bonchev–Trinajstić information content (AvgIpc) is 2.24. The van der Waals surface area contributed by atoms with E-state index in [-0.39, 0.29) is 0 Å². The number of methoxy groups -OCH3 is 2. The second-order valence-corrected chi connectivity index (χ2v) is 4.14. The lowest BCUT2D eigenvalue weighted by atomic mass is 10.5. The molecule has 4 nitrogen and oxygen atoms in total. The maximum absolute atomic E-state index is 5.86. The van der Waals surface area contributed by atoms with Crippen molar-refractivity contribution < 1.29 is 9.47 Å². The first kappa shape index (κ1) is 12.5. The van der Waals surface area contributed by atoms with Crippen molar-refractivity contribution in [3.63, 3.8) is 0 Å². The van der Waals surface area contributed by atoms with Crippen molar-refractivity contribution in [2.24, 2.45) is 0 Å². The van der Waals surface area contributed by atoms with Crippen molar-refractivity contribution in [1.29, 1.82) is 0 Å². The summed E-state index contributed by atoms with van der Waals surface area (Å²) >= 11 is 7.44. The van der Waals surface area contributed by atoms with Crippen LogP contribution in [0, 0.1) is 0 Å². The van der Waals surface area contributed by atoms with Gasteiger partial charge in [-0.3, -0.25) is 0 Å². The molecule has 84 valence electrons. The Kier molecular flexibility index (Phi) is 5.75. The molecular formula is C9H13ClN2O2S. The molecule has 0 spiro atoms. The lowest BCUT2D eigenvalue weighted by molar-refractivity contribution is 0.200. The van der Waals surface area contributed by atoms with Gasteiger partial charge in [-0.2, -0.15) is 0 Å². The monoisotopic (exact) mass is 248 g/mol. The van der Waals surface area contributed by atoms with Gasteiger partial charge in [-0.25, -0.2) is 9.97 Å². The molecule has 0 aliphatic rings. The fourth-order valence-corrected chi connectivity index (χ4v) is 2.14. The summed E-state index contributed by atoms with van der Waals surface area (Å²) in [5.74, 6) is 1.46. The second-order valence-electron chi connectivity index (χ2n) is 2.70. The largest absolute Gasteiger partial charge is 0.491 e. The Morgan fingerprint density at radius 3 is 2.87 bits per heavy atom. The number of halogens is 1. The number of nitrogens with zero attached hydrogens (tertiary/aromatic N) is 2. The first-order valence-corrected chi connectivity index (χ1v) is 5.82. The molecule has 1 rings (SSSR count). The summed E-state index contributed by atoms with van der Waals surface area (Å²) in [6, 6.07) is 0. The minimum absolute atomic E-state index is 0.349. The molecule has 1 heterocycles. The minimum Gasteiger partial charge on any atom is -0.491 e. The van der Waals surface area contributed by atoms with Gasteiger partial charge in [0.1, 0.15) is 11.4 Å². The summed E-state index contributed by atoms with van der Waals surface area (Å²) < 4.78 is 10.1. The summed E-state index contributed by atoms with van der Waals surface area (Å²) in [5.41, 5.74) is 0. The summed E-state index contributed by atoms with van der Waals surface area (Å²) in [5, 5.41) is 1.12. The molecule has 0 N–H and O–H groups in total. The van der Waals surface area contributed by atoms with Gasteiger partial charge in [-0.05, 0) is 6.42 Å². The Morgan fingerprint density at radius 2 is 2.20 bits per heavy atom. The van der Waals surface area contributed by atoms with Crippen molar-refractivity contribution in [3.8, 4) is 5.75 Å². The summed E-state index contributed by atoms with van der Waals surface area (Å²) in [4.78, 5) is 7.96. The van der Waals surface area contributed by atoms with Crippen LogP contribution >= 0.6 is 23.4 Å². The molecule has 15 heavy (non-hydrogen) atoms. The number of hydrogen-bond acceptors (Lipinski definition) is 5. The van der Waals surface area contributed by atoms with Crippen LogP contribution in [0.15, 0.2) is 11.4 Å². The van der Waals surface area contributed by atoms with E-state index in [0.717, 1.165) is 23.8 Å². The van der Waals surface area contributed by atoms with E-state index in [0.29, 0.717) is 10.9 Å². The highest BCUT2D eigenvalue weighted by Gasteiger charge is 2.09. The van der Waals surface area contributed by atoms with Crippen LogP contribution in [0.3, 0.4) is 0 Å². The first-order chi connectivity index (χ1) is 7.29. The van der Waals surface area contributed by atoms with Gasteiger partial charge in [-0.15, -0.1) is 11.8 Å². The van der Waals surface area contributed by atoms with Crippen LogP contribution in [0.2, 0.25) is 5.15 Å². The van der Waals surface area contributed by atoms with Gasteiger partial charge in [-0.1, -0.05) is 11.6 Å². The molecule has 0 fully saturated rings. The molecule has 0 saturated carbocycles. The van der Waals surface area contributed by atoms with Crippen LogP contribution in [0.4, 0.5) is 0 Å². The van der Waals surface area contributed by atoms with E-state index in [1.54, 1.807) is 26.0 Å². The van der Waals surface area contributed by atoms with Gasteiger partial charge >= 0.3 is 0 Å². The number of hydrogen-bond donors (Lipinski definition) is 0. The van der Waals surface area contributed by atoms with Crippen molar-refractivity contribution in [2.45, 2.75) is 11.4 Å². The predicted molar refractivity (Wildman–Crippen MR) is 60.8 cm³/mol. The fraction of sp³-hybridized carbons (Fsp3) is 0.556. The van der Waals surface area contributed by atoms with Crippen LogP contribution in [-0.4, -0.2) is 36.5 Å². The van der Waals surface area contributed by atoms with E-state index < -0.39 is 0 Å². The molecule has 0 aliphatic carbocycles. The quantitative estimate of drug-likeness (QED) is 0.439. The lowest BCUT2D eigenvalue weighted by Gasteiger charge is -2.07. The fourth-order valence-electron chi connectivity index (χ4n) is 0.984. The van der Waals surface area contributed by atoms with E-state index in [9.17, 15) is 0 Å². The third kappa shape index (κ3) is 3.85. The van der Waals surface area contributed by atoms with E-state index in [2.05, 4.69) is 9.97 Å². The smallest absolute Gasteiger partial charge is 0.188 e. The van der Waals surface area contributed by atoms with Gasteiger partial charge in [0, 0.05) is 19.5 Å². The van der Waals surface area contributed by atoms with Gasteiger partial charge in [0.25, 0.3) is 0 Å². The van der Waals surface area contributed by atoms with Gasteiger partial charge in [0.05, 0.1) is 7.11 Å². The molecule has 0 bridgehead atoms. The van der Waals surface area contributed by atoms with Crippen LogP contribution in [-0.2, 0) is 4.74 Å². The van der Waals surface area contributed by atoms with E-state index >= 15 is 0 Å². The Bertz CT molecular complexity index is 312. The molecule has 0 unspecified atom stereocenters. The van der Waals surface area contributed by atoms with Crippen molar-refractivity contribution >= 4 is 23.4 Å². The summed E-state index contributed by atoms with van der Waals surface area (Å²) in [6.07, 6.45) is 2.40. The molecule has 0 atom stereocenters. The molecule has 0 aliphatic heterocycles. The molecule has 0 saturated heterocycles. The molecule has 0 amide bonds. The maximum atomic E-state index is 5.86. The Balaban J connectivity index is 2.56. The number of aromatic nitrogens is 2. The highest BCUT2D eigenvalue weighted by Crippen LogP contribution is 2.31. The van der Waals surface area contributed by atoms with Crippen LogP contribution < -0.4 is 4.74 Å². The SMILES string of the molecule is COCCCSc1ncnc(Cl)c1OC. The normalized spacial score (nSPS) is 10.3. The summed E-state index contributed by atoms with van der Waals surface area (Å²) in [6.45, 7) is 0.744. The molecule has 0 aromatic carbocycles. The van der Waals surface area contributed by atoms with Gasteiger partial charge < -0.3 is 9.47 Å². The van der Waals surface area contributed by atoms with Gasteiger partial charge in [0.2, 0.25) is 0 Å². The third-order valence-electron chi connectivity index (χ3n) is 1.66. The lowest BCUT2D eigenvalue weighted by Crippen LogP contribution is -1.95. The second kappa shape index (κ2) is 6.87. The minimum atomic E-state index is 0.349. The van der Waals surface area contributed by atoms with E-state index in [1.165, 1.54) is 6.33 Å². The van der Waals surface area contributed by atoms with Gasteiger partial charge in [0.15, 0.2) is 10.9 Å². The standard InChI is InChI=1S/C9H13ClN2O2S/c1-13-4-3-5-15-9-7(14-2)8(10)11-6-12-9/h6H,3-5H2,1-2H3. The number of ether oxygens (including phenoxy) is 2. The maximum Gasteiger partial charge on any atom is 0.188 e. The van der Waals surface area contributed by atoms with E-state index in [1.807, 2.05) is 0 Å². The van der Waals surface area contributed by atoms with Crippen molar-refractivity contribution in [2.75, 3.05) is 26.6 Å². The number of rotatable bonds is 6. The zero-order valence-corrected chi connectivity index (χ0v) is 10.3. The van der Waals surface area contributed by atoms with Crippen molar-refractivity contribution in [1.82, 2.24) is 9.97 Å². The topological polar surface area (TPSA) is 44.2 Å². The van der Waals surface area contributed by atoms with Crippen LogP contribution in [0.25, 0.3) is 0 Å². The highest BCUT2D eigenvalue weighted by molar-refractivity contribution is 7.99. The van der Waals surface area contributed by atoms with E-state index in [4.69, 9.17) is 21.1 Å². The Labute approximate surface area is 98.3 Å². The average molecular weight is 249 g/mol. The molecule has 1 aromatic heterocycles. The first-order valence-electron chi connectivity index (χ1n) is 4.45. The van der Waals surface area contributed by atoms with Crippen molar-refractivity contribution in [3.05, 3.63) is 11.5 Å². The summed E-state index contributed by atoms with van der Waals surface area (Å²) in [7, 11) is 3.25. The Hall–Kier alpha value is -0.520. The van der Waals surface area contributed by atoms with Crippen LogP contribution in [0.1, 0.15) is 6.42 Å². The van der Waals surface area contributed by atoms with Crippen LogP contribution in [0.5, 0.6) is 5.75 Å². The molecule has 0 radical (unpaired) electrons. The zero-order valence-electron chi connectivity index (χ0n) is 8.70. The molecule has 1 aromatic rings. The third-order valence-corrected chi connectivity index (χ3v) is 2.99. The Morgan fingerprint density at radius 1 is 1.40 bits per heavy atom. The molecule has 6 heteroatoms. The number of thioether (sulfide) groups is 1. The predicted octanol–water partition coefficient (Wildman–Crippen LogP) is 2.27.